The van der Waals surface area contributed by atoms with Gasteiger partial charge < -0.3 is 0 Å². The third-order valence-electron chi connectivity index (χ3n) is 4.84. The highest BCUT2D eigenvalue weighted by atomic mass is 15.2. The largest absolute Gasteiger partial charge is 0.299 e. The van der Waals surface area contributed by atoms with Gasteiger partial charge in [-0.15, -0.1) is 0 Å². The van der Waals surface area contributed by atoms with Gasteiger partial charge in [-0.3, -0.25) is 15.1 Å². The SMILES string of the molecule is c1ccc(-c2[nH]ncc2CN2CCC[C@@H](Cc3ccn[nH]3)C2)cc1. The Bertz CT molecular complexity index is 747. The van der Waals surface area contributed by atoms with Crippen molar-refractivity contribution in [2.75, 3.05) is 13.1 Å². The normalized spacial score (nSPS) is 18.8. The van der Waals surface area contributed by atoms with Crippen LogP contribution < -0.4 is 0 Å². The molecule has 5 heteroatoms. The van der Waals surface area contributed by atoms with E-state index in [4.69, 9.17) is 0 Å². The summed E-state index contributed by atoms with van der Waals surface area (Å²) in [5, 5.41) is 14.6. The molecule has 24 heavy (non-hydrogen) atoms. The molecule has 2 N–H and O–H groups in total. The molecule has 0 unspecified atom stereocenters. The van der Waals surface area contributed by atoms with Crippen LogP contribution in [0.2, 0.25) is 0 Å². The fourth-order valence-electron chi connectivity index (χ4n) is 3.70. The Balaban J connectivity index is 1.43. The van der Waals surface area contributed by atoms with Gasteiger partial charge in [0, 0.05) is 30.5 Å². The van der Waals surface area contributed by atoms with Crippen molar-refractivity contribution in [2.45, 2.75) is 25.8 Å². The van der Waals surface area contributed by atoms with Gasteiger partial charge in [0.25, 0.3) is 0 Å². The molecule has 1 fully saturated rings. The first-order valence-corrected chi connectivity index (χ1v) is 8.67. The second kappa shape index (κ2) is 7.01. The van der Waals surface area contributed by atoms with E-state index in [1.54, 1.807) is 0 Å². The van der Waals surface area contributed by atoms with E-state index >= 15 is 0 Å². The fourth-order valence-corrected chi connectivity index (χ4v) is 3.70. The number of nitrogens with zero attached hydrogens (tertiary/aromatic N) is 3. The van der Waals surface area contributed by atoms with E-state index < -0.39 is 0 Å². The Morgan fingerprint density at radius 3 is 2.83 bits per heavy atom. The van der Waals surface area contributed by atoms with Gasteiger partial charge >= 0.3 is 0 Å². The fraction of sp³-hybridized carbons (Fsp3) is 0.368. The minimum Gasteiger partial charge on any atom is -0.299 e. The zero-order valence-electron chi connectivity index (χ0n) is 13.8. The highest BCUT2D eigenvalue weighted by Crippen LogP contribution is 2.25. The molecule has 0 saturated carbocycles. The first kappa shape index (κ1) is 15.1. The predicted molar refractivity (Wildman–Crippen MR) is 94.3 cm³/mol. The van der Waals surface area contributed by atoms with E-state index in [1.165, 1.54) is 36.2 Å². The first-order chi connectivity index (χ1) is 11.9. The minimum atomic E-state index is 0.700. The van der Waals surface area contributed by atoms with E-state index in [0.29, 0.717) is 5.92 Å². The van der Waals surface area contributed by atoms with Crippen LogP contribution in [0.1, 0.15) is 24.1 Å². The van der Waals surface area contributed by atoms with Gasteiger partial charge in [0.15, 0.2) is 0 Å². The second-order valence-corrected chi connectivity index (χ2v) is 6.67. The van der Waals surface area contributed by atoms with Crippen LogP contribution in [-0.2, 0) is 13.0 Å². The summed E-state index contributed by atoms with van der Waals surface area (Å²) in [7, 11) is 0. The number of aromatic amines is 2. The van der Waals surface area contributed by atoms with Gasteiger partial charge in [0.05, 0.1) is 11.9 Å². The maximum atomic E-state index is 4.28. The van der Waals surface area contributed by atoms with Crippen molar-refractivity contribution in [3.8, 4) is 11.3 Å². The molecule has 1 aromatic carbocycles. The molecule has 5 nitrogen and oxygen atoms in total. The lowest BCUT2D eigenvalue weighted by Gasteiger charge is -2.32. The third kappa shape index (κ3) is 3.41. The van der Waals surface area contributed by atoms with Crippen molar-refractivity contribution in [3.63, 3.8) is 0 Å². The summed E-state index contributed by atoms with van der Waals surface area (Å²) < 4.78 is 0. The highest BCUT2D eigenvalue weighted by Gasteiger charge is 2.22. The molecule has 4 rings (SSSR count). The molecule has 1 atom stereocenters. The molecule has 0 amide bonds. The van der Waals surface area contributed by atoms with E-state index in [-0.39, 0.29) is 0 Å². The Labute approximate surface area is 142 Å². The Morgan fingerprint density at radius 1 is 1.08 bits per heavy atom. The van der Waals surface area contributed by atoms with Crippen molar-refractivity contribution < 1.29 is 0 Å². The number of hydrogen-bond acceptors (Lipinski definition) is 3. The molecule has 0 bridgehead atoms. The van der Waals surface area contributed by atoms with E-state index in [0.717, 1.165) is 25.2 Å². The highest BCUT2D eigenvalue weighted by molar-refractivity contribution is 5.62. The topological polar surface area (TPSA) is 60.6 Å². The van der Waals surface area contributed by atoms with Crippen LogP contribution in [-0.4, -0.2) is 38.4 Å². The van der Waals surface area contributed by atoms with Crippen LogP contribution in [0.15, 0.2) is 48.8 Å². The summed E-state index contributed by atoms with van der Waals surface area (Å²) in [5.41, 5.74) is 4.88. The lowest BCUT2D eigenvalue weighted by Crippen LogP contribution is -2.35. The van der Waals surface area contributed by atoms with E-state index in [1.807, 2.05) is 18.5 Å². The van der Waals surface area contributed by atoms with E-state index in [2.05, 4.69) is 55.6 Å². The molecule has 1 aliphatic heterocycles. The summed E-state index contributed by atoms with van der Waals surface area (Å²) >= 11 is 0. The summed E-state index contributed by atoms with van der Waals surface area (Å²) in [6.07, 6.45) is 7.46. The summed E-state index contributed by atoms with van der Waals surface area (Å²) in [4.78, 5) is 2.56. The Kier molecular flexibility index (Phi) is 4.42. The summed E-state index contributed by atoms with van der Waals surface area (Å²) in [6.45, 7) is 3.26. The number of aromatic nitrogens is 4. The number of H-pyrrole nitrogens is 2. The Morgan fingerprint density at radius 2 is 2.00 bits per heavy atom. The molecular formula is C19H23N5. The van der Waals surface area contributed by atoms with Gasteiger partial charge in [0.1, 0.15) is 0 Å². The Hall–Kier alpha value is -2.40. The van der Waals surface area contributed by atoms with Crippen LogP contribution in [0.3, 0.4) is 0 Å². The molecule has 124 valence electrons. The average Bonchev–Trinajstić information content (AvgIpc) is 3.28. The second-order valence-electron chi connectivity index (χ2n) is 6.67. The number of hydrogen-bond donors (Lipinski definition) is 2. The minimum absolute atomic E-state index is 0.700. The lowest BCUT2D eigenvalue weighted by atomic mass is 9.93. The summed E-state index contributed by atoms with van der Waals surface area (Å²) in [6, 6.07) is 12.5. The lowest BCUT2D eigenvalue weighted by molar-refractivity contribution is 0.166. The molecule has 1 saturated heterocycles. The van der Waals surface area contributed by atoms with Gasteiger partial charge in [-0.05, 0) is 43.4 Å². The van der Waals surface area contributed by atoms with Crippen molar-refractivity contribution in [3.05, 3.63) is 60.0 Å². The van der Waals surface area contributed by atoms with E-state index in [9.17, 15) is 0 Å². The molecule has 1 aliphatic rings. The van der Waals surface area contributed by atoms with Gasteiger partial charge in [0.2, 0.25) is 0 Å². The molecule has 3 heterocycles. The standard InChI is InChI=1S/C19H23N5/c1-2-6-16(7-3-1)19-17(12-21-23-19)14-24-10-4-5-15(13-24)11-18-8-9-20-22-18/h1-3,6-9,12,15H,4-5,10-11,13-14H2,(H,20,22)(H,21,23)/t15-/m0/s1. The van der Waals surface area contributed by atoms with Crippen LogP contribution in [0, 0.1) is 5.92 Å². The zero-order valence-corrected chi connectivity index (χ0v) is 13.8. The smallest absolute Gasteiger partial charge is 0.0695 e. The number of nitrogens with one attached hydrogen (secondary N) is 2. The van der Waals surface area contributed by atoms with Crippen molar-refractivity contribution in [1.82, 2.24) is 25.3 Å². The van der Waals surface area contributed by atoms with Crippen molar-refractivity contribution in [2.24, 2.45) is 5.92 Å². The first-order valence-electron chi connectivity index (χ1n) is 8.67. The molecule has 0 aliphatic carbocycles. The van der Waals surface area contributed by atoms with Gasteiger partial charge in [-0.2, -0.15) is 10.2 Å². The molecular weight excluding hydrogens is 298 g/mol. The molecule has 0 spiro atoms. The zero-order chi connectivity index (χ0) is 16.2. The predicted octanol–water partition coefficient (Wildman–Crippen LogP) is 3.25. The van der Waals surface area contributed by atoms with Crippen molar-refractivity contribution >= 4 is 0 Å². The number of benzene rings is 1. The van der Waals surface area contributed by atoms with Crippen LogP contribution >= 0.6 is 0 Å². The summed E-state index contributed by atoms with van der Waals surface area (Å²) in [5.74, 6) is 0.700. The monoisotopic (exact) mass is 321 g/mol. The molecule has 2 aromatic heterocycles. The van der Waals surface area contributed by atoms with Crippen LogP contribution in [0.5, 0.6) is 0 Å². The van der Waals surface area contributed by atoms with Gasteiger partial charge in [-0.25, -0.2) is 0 Å². The van der Waals surface area contributed by atoms with Crippen molar-refractivity contribution in [1.29, 1.82) is 0 Å². The maximum absolute atomic E-state index is 4.28. The van der Waals surface area contributed by atoms with Crippen LogP contribution in [0.25, 0.3) is 11.3 Å². The number of piperidine rings is 1. The average molecular weight is 321 g/mol. The quantitative estimate of drug-likeness (QED) is 0.758. The maximum Gasteiger partial charge on any atom is 0.0695 e. The third-order valence-corrected chi connectivity index (χ3v) is 4.84. The molecule has 0 radical (unpaired) electrons. The number of likely N-dealkylation sites (tertiary alicyclic amines) is 1. The number of rotatable bonds is 5. The van der Waals surface area contributed by atoms with Gasteiger partial charge in [-0.1, -0.05) is 30.3 Å². The molecule has 3 aromatic rings. The van der Waals surface area contributed by atoms with Crippen LogP contribution in [0.4, 0.5) is 0 Å².